The molecule has 0 spiro atoms. The van der Waals surface area contributed by atoms with Crippen LogP contribution in [0.15, 0.2) is 12.2 Å². The predicted octanol–water partition coefficient (Wildman–Crippen LogP) is 4.57. The van der Waals surface area contributed by atoms with Crippen molar-refractivity contribution in [3.05, 3.63) is 12.2 Å². The van der Waals surface area contributed by atoms with E-state index in [1.54, 1.807) is 0 Å². The summed E-state index contributed by atoms with van der Waals surface area (Å²) in [6.07, 6.45) is 16.3. The Morgan fingerprint density at radius 1 is 0.818 bits per heavy atom. The number of methoxy groups -OCH3 is 1. The summed E-state index contributed by atoms with van der Waals surface area (Å²) in [5.41, 5.74) is 0. The second-order valence-corrected chi connectivity index (χ2v) is 5.54. The van der Waals surface area contributed by atoms with Crippen molar-refractivity contribution in [2.45, 2.75) is 77.6 Å². The van der Waals surface area contributed by atoms with Crippen molar-refractivity contribution in [1.29, 1.82) is 0 Å². The number of allylic oxidation sites excluding steroid dienone is 2. The SMILES string of the molecule is COC(=O)CCCCCCCCC=CCCCCOC(C)=O. The zero-order valence-corrected chi connectivity index (χ0v) is 14.3. The van der Waals surface area contributed by atoms with Gasteiger partial charge >= 0.3 is 11.9 Å². The molecule has 0 aromatic carbocycles. The molecule has 0 aromatic rings. The van der Waals surface area contributed by atoms with Gasteiger partial charge in [0.15, 0.2) is 0 Å². The number of ether oxygens (including phenoxy) is 2. The summed E-state index contributed by atoms with van der Waals surface area (Å²) < 4.78 is 9.48. The molecule has 0 heterocycles. The highest BCUT2D eigenvalue weighted by Gasteiger charge is 1.98. The number of rotatable bonds is 14. The average molecular weight is 312 g/mol. The summed E-state index contributed by atoms with van der Waals surface area (Å²) in [6.45, 7) is 1.98. The van der Waals surface area contributed by atoms with Crippen LogP contribution in [0.4, 0.5) is 0 Å². The van der Waals surface area contributed by atoms with Crippen molar-refractivity contribution in [3.63, 3.8) is 0 Å². The molecule has 0 saturated heterocycles. The fourth-order valence-electron chi connectivity index (χ4n) is 2.16. The summed E-state index contributed by atoms with van der Waals surface area (Å²) in [5, 5.41) is 0. The fourth-order valence-corrected chi connectivity index (χ4v) is 2.16. The van der Waals surface area contributed by atoms with Gasteiger partial charge in [0.25, 0.3) is 0 Å². The number of unbranched alkanes of at least 4 members (excludes halogenated alkanes) is 8. The van der Waals surface area contributed by atoms with Crippen LogP contribution in [0.2, 0.25) is 0 Å². The van der Waals surface area contributed by atoms with Gasteiger partial charge in [-0.25, -0.2) is 0 Å². The fraction of sp³-hybridized carbons (Fsp3) is 0.778. The number of hydrogen-bond acceptors (Lipinski definition) is 4. The molecule has 4 nitrogen and oxygen atoms in total. The normalized spacial score (nSPS) is 10.8. The van der Waals surface area contributed by atoms with E-state index in [0.29, 0.717) is 13.0 Å². The van der Waals surface area contributed by atoms with E-state index in [1.807, 2.05) is 0 Å². The van der Waals surface area contributed by atoms with Gasteiger partial charge in [0, 0.05) is 13.3 Å². The number of esters is 2. The third kappa shape index (κ3) is 16.7. The number of carbonyl (C=O) groups is 2. The van der Waals surface area contributed by atoms with Crippen LogP contribution in [0, 0.1) is 0 Å². The van der Waals surface area contributed by atoms with Crippen molar-refractivity contribution < 1.29 is 19.1 Å². The average Bonchev–Trinajstić information content (AvgIpc) is 2.50. The summed E-state index contributed by atoms with van der Waals surface area (Å²) in [7, 11) is 1.44. The number of hydrogen-bond donors (Lipinski definition) is 0. The maximum Gasteiger partial charge on any atom is 0.305 e. The van der Waals surface area contributed by atoms with Crippen LogP contribution in [0.25, 0.3) is 0 Å². The van der Waals surface area contributed by atoms with Crippen LogP contribution >= 0.6 is 0 Å². The number of carbonyl (C=O) groups excluding carboxylic acids is 2. The van der Waals surface area contributed by atoms with Crippen molar-refractivity contribution in [2.75, 3.05) is 13.7 Å². The van der Waals surface area contributed by atoms with E-state index in [1.165, 1.54) is 39.7 Å². The zero-order chi connectivity index (χ0) is 16.5. The Bertz CT molecular complexity index is 310. The molecule has 0 saturated carbocycles. The van der Waals surface area contributed by atoms with E-state index < -0.39 is 0 Å². The Labute approximate surface area is 135 Å². The van der Waals surface area contributed by atoms with E-state index >= 15 is 0 Å². The molecule has 0 aliphatic heterocycles. The highest BCUT2D eigenvalue weighted by molar-refractivity contribution is 5.68. The predicted molar refractivity (Wildman–Crippen MR) is 88.6 cm³/mol. The molecule has 0 bridgehead atoms. The smallest absolute Gasteiger partial charge is 0.305 e. The first-order chi connectivity index (χ1) is 10.7. The highest BCUT2D eigenvalue weighted by Crippen LogP contribution is 2.09. The minimum absolute atomic E-state index is 0.0991. The molecule has 128 valence electrons. The summed E-state index contributed by atoms with van der Waals surface area (Å²) >= 11 is 0. The summed E-state index contributed by atoms with van der Waals surface area (Å²) in [6, 6.07) is 0. The molecule has 0 radical (unpaired) electrons. The summed E-state index contributed by atoms with van der Waals surface area (Å²) in [4.78, 5) is 21.5. The second-order valence-electron chi connectivity index (χ2n) is 5.54. The quantitative estimate of drug-likeness (QED) is 0.268. The zero-order valence-electron chi connectivity index (χ0n) is 14.3. The maximum atomic E-state index is 10.9. The van der Waals surface area contributed by atoms with Gasteiger partial charge in [0.05, 0.1) is 13.7 Å². The second kappa shape index (κ2) is 16.1. The molecular formula is C18H32O4. The van der Waals surface area contributed by atoms with E-state index in [-0.39, 0.29) is 11.9 Å². The van der Waals surface area contributed by atoms with Crippen LogP contribution in [0.1, 0.15) is 77.6 Å². The lowest BCUT2D eigenvalue weighted by Crippen LogP contribution is -1.99. The molecule has 0 aromatic heterocycles. The third-order valence-electron chi connectivity index (χ3n) is 3.47. The first-order valence-corrected chi connectivity index (χ1v) is 8.52. The van der Waals surface area contributed by atoms with Gasteiger partial charge in [0.1, 0.15) is 0 Å². The maximum absolute atomic E-state index is 10.9. The summed E-state index contributed by atoms with van der Waals surface area (Å²) in [5.74, 6) is -0.293. The first-order valence-electron chi connectivity index (χ1n) is 8.52. The Morgan fingerprint density at radius 2 is 1.36 bits per heavy atom. The van der Waals surface area contributed by atoms with E-state index in [9.17, 15) is 9.59 Å². The van der Waals surface area contributed by atoms with E-state index in [4.69, 9.17) is 4.74 Å². The molecule has 0 aliphatic carbocycles. The van der Waals surface area contributed by atoms with E-state index in [0.717, 1.165) is 38.5 Å². The van der Waals surface area contributed by atoms with Crippen LogP contribution in [-0.4, -0.2) is 25.7 Å². The van der Waals surface area contributed by atoms with Gasteiger partial charge in [-0.2, -0.15) is 0 Å². The van der Waals surface area contributed by atoms with Gasteiger partial charge in [0.2, 0.25) is 0 Å². The molecule has 22 heavy (non-hydrogen) atoms. The monoisotopic (exact) mass is 312 g/mol. The molecule has 0 atom stereocenters. The topological polar surface area (TPSA) is 52.6 Å². The molecule has 0 aliphatic rings. The first kappa shape index (κ1) is 20.7. The van der Waals surface area contributed by atoms with Crippen molar-refractivity contribution in [3.8, 4) is 0 Å². The van der Waals surface area contributed by atoms with Crippen LogP contribution in [0.3, 0.4) is 0 Å². The van der Waals surface area contributed by atoms with Crippen molar-refractivity contribution >= 4 is 11.9 Å². The Hall–Kier alpha value is -1.32. The standard InChI is InChI=1S/C18H32O4/c1-17(19)22-16-14-12-10-8-6-4-3-5-7-9-11-13-15-18(20)21-2/h6,8H,3-5,7,9-16H2,1-2H3. The van der Waals surface area contributed by atoms with Gasteiger partial charge in [-0.05, 0) is 38.5 Å². The Morgan fingerprint density at radius 3 is 1.95 bits per heavy atom. The van der Waals surface area contributed by atoms with Gasteiger partial charge in [-0.15, -0.1) is 0 Å². The molecule has 4 heteroatoms. The molecular weight excluding hydrogens is 280 g/mol. The minimum atomic E-state index is -0.194. The molecule has 0 fully saturated rings. The van der Waals surface area contributed by atoms with Crippen LogP contribution < -0.4 is 0 Å². The van der Waals surface area contributed by atoms with E-state index in [2.05, 4.69) is 16.9 Å². The van der Waals surface area contributed by atoms with Crippen molar-refractivity contribution in [2.24, 2.45) is 0 Å². The lowest BCUT2D eigenvalue weighted by Gasteiger charge is -2.01. The Balaban J connectivity index is 3.14. The molecule has 0 N–H and O–H groups in total. The lowest BCUT2D eigenvalue weighted by atomic mass is 10.1. The van der Waals surface area contributed by atoms with Crippen LogP contribution in [0.5, 0.6) is 0 Å². The van der Waals surface area contributed by atoms with Gasteiger partial charge in [-0.1, -0.05) is 37.8 Å². The lowest BCUT2D eigenvalue weighted by molar-refractivity contribution is -0.141. The van der Waals surface area contributed by atoms with Crippen LogP contribution in [-0.2, 0) is 19.1 Å². The van der Waals surface area contributed by atoms with Crippen molar-refractivity contribution in [1.82, 2.24) is 0 Å². The molecule has 0 unspecified atom stereocenters. The van der Waals surface area contributed by atoms with Gasteiger partial charge < -0.3 is 9.47 Å². The van der Waals surface area contributed by atoms with Gasteiger partial charge in [-0.3, -0.25) is 9.59 Å². The molecule has 0 amide bonds. The minimum Gasteiger partial charge on any atom is -0.469 e. The third-order valence-corrected chi connectivity index (χ3v) is 3.47. The highest BCUT2D eigenvalue weighted by atomic mass is 16.5. The molecule has 0 rings (SSSR count). The largest absolute Gasteiger partial charge is 0.469 e. The Kier molecular flexibility index (Phi) is 15.1.